The minimum absolute atomic E-state index is 0.139. The molecule has 50 heavy (non-hydrogen) atoms. The summed E-state index contributed by atoms with van der Waals surface area (Å²) in [6.07, 6.45) is 17.8. The highest BCUT2D eigenvalue weighted by atomic mass is 32.1. The Hall–Kier alpha value is -4.49. The van der Waals surface area contributed by atoms with Gasteiger partial charge < -0.3 is 4.90 Å². The van der Waals surface area contributed by atoms with Crippen LogP contribution in [0.4, 0.5) is 10.8 Å². The Morgan fingerprint density at radius 3 is 2.70 bits per heavy atom. The lowest BCUT2D eigenvalue weighted by Crippen LogP contribution is -2.26. The molecule has 6 rings (SSSR count). The minimum atomic E-state index is 0.139. The van der Waals surface area contributed by atoms with Gasteiger partial charge in [-0.2, -0.15) is 5.10 Å². The SMILES string of the molecule is C=C=CCCCCCC#Cc1ccc(CCCCc2sc(N3CCCc4c3nnc(CC3=Cc5ccccc5C3)c4C)cc2C(C)=O)c(C)c1. The van der Waals surface area contributed by atoms with Gasteiger partial charge in [0.1, 0.15) is 0 Å². The lowest BCUT2D eigenvalue weighted by atomic mass is 9.96. The summed E-state index contributed by atoms with van der Waals surface area (Å²) in [6.45, 7) is 10.6. The van der Waals surface area contributed by atoms with Crippen molar-refractivity contribution in [3.8, 4) is 11.8 Å². The van der Waals surface area contributed by atoms with Crippen molar-refractivity contribution in [2.75, 3.05) is 11.4 Å². The first-order valence-electron chi connectivity index (χ1n) is 18.4. The maximum absolute atomic E-state index is 12.8. The molecule has 3 heterocycles. The Bertz CT molecular complexity index is 2000. The van der Waals surface area contributed by atoms with Gasteiger partial charge in [-0.3, -0.25) is 4.79 Å². The minimum Gasteiger partial charge on any atom is -0.316 e. The summed E-state index contributed by atoms with van der Waals surface area (Å²) in [5.41, 5.74) is 15.3. The lowest BCUT2D eigenvalue weighted by molar-refractivity contribution is 0.101. The van der Waals surface area contributed by atoms with E-state index in [0.29, 0.717) is 0 Å². The van der Waals surface area contributed by atoms with E-state index in [1.54, 1.807) is 18.3 Å². The molecule has 0 N–H and O–H groups in total. The lowest BCUT2D eigenvalue weighted by Gasteiger charge is -2.29. The number of benzene rings is 2. The predicted molar refractivity (Wildman–Crippen MR) is 210 cm³/mol. The molecule has 2 aromatic heterocycles. The van der Waals surface area contributed by atoms with Crippen LogP contribution < -0.4 is 4.90 Å². The van der Waals surface area contributed by atoms with E-state index >= 15 is 0 Å². The van der Waals surface area contributed by atoms with Gasteiger partial charge in [0.05, 0.1) is 10.7 Å². The van der Waals surface area contributed by atoms with Gasteiger partial charge in [0.15, 0.2) is 11.6 Å². The van der Waals surface area contributed by atoms with E-state index in [0.717, 1.165) is 105 Å². The number of Topliss-reactive ketones (excluding diaryl/α,β-unsaturated/α-hetero) is 1. The molecule has 0 amide bonds. The quantitative estimate of drug-likeness (QED) is 0.0576. The van der Waals surface area contributed by atoms with Crippen molar-refractivity contribution < 1.29 is 4.79 Å². The van der Waals surface area contributed by atoms with Crippen molar-refractivity contribution >= 4 is 34.0 Å². The molecule has 0 saturated heterocycles. The molecule has 4 nitrogen and oxygen atoms in total. The van der Waals surface area contributed by atoms with E-state index in [9.17, 15) is 4.79 Å². The van der Waals surface area contributed by atoms with Crippen LogP contribution in [0.1, 0.15) is 118 Å². The van der Waals surface area contributed by atoms with Crippen LogP contribution >= 0.6 is 11.3 Å². The number of nitrogens with zero attached hydrogens (tertiary/aromatic N) is 3. The van der Waals surface area contributed by atoms with E-state index in [-0.39, 0.29) is 5.78 Å². The Labute approximate surface area is 303 Å². The smallest absolute Gasteiger partial charge is 0.160 e. The first-order valence-corrected chi connectivity index (χ1v) is 19.2. The van der Waals surface area contributed by atoms with Gasteiger partial charge in [-0.25, -0.2) is 0 Å². The largest absolute Gasteiger partial charge is 0.316 e. The number of allylic oxidation sites excluding steroid dienone is 2. The maximum Gasteiger partial charge on any atom is 0.160 e. The normalized spacial score (nSPS) is 13.2. The van der Waals surface area contributed by atoms with Gasteiger partial charge in [-0.15, -0.1) is 22.2 Å². The third-order valence-corrected chi connectivity index (χ3v) is 11.3. The zero-order chi connectivity index (χ0) is 34.9. The zero-order valence-electron chi connectivity index (χ0n) is 30.0. The third-order valence-electron chi connectivity index (χ3n) is 10.1. The molecular weight excluding hydrogens is 631 g/mol. The van der Waals surface area contributed by atoms with Crippen LogP contribution in [0.25, 0.3) is 6.08 Å². The number of unbranched alkanes of at least 4 members (excludes halogenated alkanes) is 5. The zero-order valence-corrected chi connectivity index (χ0v) is 30.9. The fourth-order valence-corrected chi connectivity index (χ4v) is 8.55. The highest BCUT2D eigenvalue weighted by Gasteiger charge is 2.27. The van der Waals surface area contributed by atoms with Crippen LogP contribution in [-0.4, -0.2) is 22.5 Å². The molecule has 256 valence electrons. The van der Waals surface area contributed by atoms with Crippen LogP contribution in [0.5, 0.6) is 0 Å². The number of aryl methyl sites for hydroxylation is 3. The molecule has 4 aromatic rings. The Kier molecular flexibility index (Phi) is 12.0. The number of thiophene rings is 1. The number of hydrogen-bond donors (Lipinski definition) is 0. The number of anilines is 2. The summed E-state index contributed by atoms with van der Waals surface area (Å²) in [4.78, 5) is 16.3. The number of hydrogen-bond acceptors (Lipinski definition) is 5. The standard InChI is InChI=1S/C45H49N3OS/c1-5-6-7-8-9-10-11-12-18-35-24-25-37(32(2)27-35)19-15-16-23-43-41(34(4)49)31-44(50-43)48-26-17-22-40-33(3)42(46-47-45(40)48)30-36-28-38-20-13-14-21-39(38)29-36/h6,13-14,20-21,24-25,27-28,31H,1,7-11,15-17,19,22-23,26,29-30H2,2-4H3. The summed E-state index contributed by atoms with van der Waals surface area (Å²) in [5, 5.41) is 10.7. The summed E-state index contributed by atoms with van der Waals surface area (Å²) in [7, 11) is 0. The second-order valence-corrected chi connectivity index (χ2v) is 14.9. The maximum atomic E-state index is 12.8. The molecule has 1 aliphatic carbocycles. The average molecular weight is 680 g/mol. The molecule has 0 fully saturated rings. The molecule has 0 saturated carbocycles. The van der Waals surface area contributed by atoms with Crippen LogP contribution in [0.15, 0.2) is 72.5 Å². The summed E-state index contributed by atoms with van der Waals surface area (Å²) >= 11 is 1.76. The molecule has 0 atom stereocenters. The van der Waals surface area contributed by atoms with Crippen molar-refractivity contribution in [3.05, 3.63) is 128 Å². The van der Waals surface area contributed by atoms with Crippen LogP contribution in [0, 0.1) is 25.7 Å². The molecule has 5 heteroatoms. The number of ketones is 1. The van der Waals surface area contributed by atoms with Gasteiger partial charge in [-0.05, 0) is 137 Å². The molecule has 1 aliphatic heterocycles. The summed E-state index contributed by atoms with van der Waals surface area (Å²) in [6, 6.07) is 17.4. The summed E-state index contributed by atoms with van der Waals surface area (Å²) in [5.74, 6) is 7.80. The number of aromatic nitrogens is 2. The third kappa shape index (κ3) is 8.62. The van der Waals surface area contributed by atoms with Crippen molar-refractivity contribution in [2.45, 2.75) is 104 Å². The van der Waals surface area contributed by atoms with E-state index in [1.165, 1.54) is 56.7 Å². The van der Waals surface area contributed by atoms with Crippen LogP contribution in [0.2, 0.25) is 0 Å². The second kappa shape index (κ2) is 16.9. The van der Waals surface area contributed by atoms with Gasteiger partial charge >= 0.3 is 0 Å². The second-order valence-electron chi connectivity index (χ2n) is 13.8. The van der Waals surface area contributed by atoms with E-state index in [1.807, 2.05) is 6.08 Å². The molecule has 2 aromatic carbocycles. The molecule has 2 aliphatic rings. The first kappa shape index (κ1) is 35.3. The first-order chi connectivity index (χ1) is 24.4. The average Bonchev–Trinajstić information content (AvgIpc) is 3.74. The Balaban J connectivity index is 1.05. The van der Waals surface area contributed by atoms with E-state index in [4.69, 9.17) is 10.2 Å². The monoisotopic (exact) mass is 679 g/mol. The topological polar surface area (TPSA) is 46.1 Å². The highest BCUT2D eigenvalue weighted by molar-refractivity contribution is 7.16. The van der Waals surface area contributed by atoms with Gasteiger partial charge in [-0.1, -0.05) is 66.8 Å². The van der Waals surface area contributed by atoms with E-state index in [2.05, 4.69) is 97.5 Å². The number of rotatable bonds is 14. The molecule has 0 unspecified atom stereocenters. The van der Waals surface area contributed by atoms with Crippen molar-refractivity contribution in [1.29, 1.82) is 0 Å². The fraction of sp³-hybridized carbons (Fsp3) is 0.378. The highest BCUT2D eigenvalue weighted by Crippen LogP contribution is 2.40. The number of carbonyl (C=O) groups is 1. The summed E-state index contributed by atoms with van der Waals surface area (Å²) < 4.78 is 0. The Morgan fingerprint density at radius 2 is 1.88 bits per heavy atom. The molecular formula is C45H49N3OS. The Morgan fingerprint density at radius 1 is 1.02 bits per heavy atom. The van der Waals surface area contributed by atoms with Gasteiger partial charge in [0.25, 0.3) is 0 Å². The predicted octanol–water partition coefficient (Wildman–Crippen LogP) is 10.8. The van der Waals surface area contributed by atoms with Gasteiger partial charge in [0.2, 0.25) is 0 Å². The van der Waals surface area contributed by atoms with Crippen molar-refractivity contribution in [1.82, 2.24) is 10.2 Å². The van der Waals surface area contributed by atoms with Crippen LogP contribution in [-0.2, 0) is 32.1 Å². The van der Waals surface area contributed by atoms with Gasteiger partial charge in [0, 0.05) is 41.0 Å². The van der Waals surface area contributed by atoms with E-state index < -0.39 is 0 Å². The molecule has 0 bridgehead atoms. The van der Waals surface area contributed by atoms with Crippen molar-refractivity contribution in [3.63, 3.8) is 0 Å². The molecule has 0 spiro atoms. The van der Waals surface area contributed by atoms with Crippen molar-refractivity contribution in [2.24, 2.45) is 0 Å². The fourth-order valence-electron chi connectivity index (χ4n) is 7.27. The number of fused-ring (bicyclic) bond motifs is 2. The molecule has 0 radical (unpaired) electrons. The number of carbonyl (C=O) groups excluding carboxylic acids is 1. The van der Waals surface area contributed by atoms with Crippen LogP contribution in [0.3, 0.4) is 0 Å².